The fourth-order valence-corrected chi connectivity index (χ4v) is 13.3. The molecule has 0 aromatic heterocycles. The number of allylic oxidation sites excluding steroid dienone is 2. The highest BCUT2D eigenvalue weighted by Gasteiger charge is 2.69. The SMILES string of the molecule is CCCCCCCCCCCCCCO[C@H]1CC[C@@]2(C)C(CC[C@]3(C)[C@@H]2CC=C2[C@@H]4[C@@H](C)[C@H](C)CC[C@]4(C(=O)O)CC[C@]23C)C1(C)C. The predicted octanol–water partition coefficient (Wildman–Crippen LogP) is 12.8. The number of carboxylic acid groups (broad SMARTS) is 1. The van der Waals surface area contributed by atoms with Crippen molar-refractivity contribution in [2.45, 2.75) is 196 Å². The zero-order chi connectivity index (χ0) is 34.1. The van der Waals surface area contributed by atoms with E-state index in [1.807, 2.05) is 0 Å². The molecule has 10 atom stereocenters. The summed E-state index contributed by atoms with van der Waals surface area (Å²) in [5, 5.41) is 10.7. The van der Waals surface area contributed by atoms with Crippen molar-refractivity contribution in [1.82, 2.24) is 0 Å². The van der Waals surface area contributed by atoms with Gasteiger partial charge in [-0.15, -0.1) is 0 Å². The van der Waals surface area contributed by atoms with Gasteiger partial charge in [-0.1, -0.05) is 138 Å². The molecular weight excluding hydrogens is 576 g/mol. The number of hydrogen-bond acceptors (Lipinski definition) is 2. The molecule has 1 N–H and O–H groups in total. The molecule has 3 nitrogen and oxygen atoms in total. The number of ether oxygens (including phenoxy) is 1. The molecule has 0 radical (unpaired) electrons. The molecule has 5 aliphatic rings. The summed E-state index contributed by atoms with van der Waals surface area (Å²) in [6.07, 6.45) is 29.7. The van der Waals surface area contributed by atoms with Gasteiger partial charge in [0.1, 0.15) is 0 Å². The number of fused-ring (bicyclic) bond motifs is 7. The fraction of sp³-hybridized carbons (Fsp3) is 0.932. The fourth-order valence-electron chi connectivity index (χ4n) is 13.3. The van der Waals surface area contributed by atoms with Crippen LogP contribution in [0.1, 0.15) is 190 Å². The molecule has 4 saturated carbocycles. The summed E-state index contributed by atoms with van der Waals surface area (Å²) in [4.78, 5) is 13.0. The van der Waals surface area contributed by atoms with E-state index in [1.54, 1.807) is 5.57 Å². The molecule has 0 spiro atoms. The summed E-state index contributed by atoms with van der Waals surface area (Å²) >= 11 is 0. The lowest BCUT2D eigenvalue weighted by Gasteiger charge is -2.71. The number of aliphatic carboxylic acids is 1. The monoisotopic (exact) mass is 653 g/mol. The lowest BCUT2D eigenvalue weighted by molar-refractivity contribution is -0.213. The van der Waals surface area contributed by atoms with E-state index in [1.165, 1.54) is 103 Å². The van der Waals surface area contributed by atoms with Gasteiger partial charge in [0.2, 0.25) is 0 Å². The van der Waals surface area contributed by atoms with Crippen molar-refractivity contribution >= 4 is 5.97 Å². The molecule has 0 aliphatic heterocycles. The smallest absolute Gasteiger partial charge is 0.310 e. The van der Waals surface area contributed by atoms with Crippen LogP contribution in [0.5, 0.6) is 0 Å². The molecule has 0 saturated heterocycles. The van der Waals surface area contributed by atoms with Crippen molar-refractivity contribution in [3.8, 4) is 0 Å². The summed E-state index contributed by atoms with van der Waals surface area (Å²) in [6, 6.07) is 0. The van der Waals surface area contributed by atoms with Crippen molar-refractivity contribution < 1.29 is 14.6 Å². The van der Waals surface area contributed by atoms with E-state index < -0.39 is 11.4 Å². The number of hydrogen-bond donors (Lipinski definition) is 1. The van der Waals surface area contributed by atoms with E-state index in [0.717, 1.165) is 38.7 Å². The van der Waals surface area contributed by atoms with Gasteiger partial charge in [-0.2, -0.15) is 0 Å². The molecule has 0 aromatic carbocycles. The Labute approximate surface area is 291 Å². The van der Waals surface area contributed by atoms with E-state index in [0.29, 0.717) is 35.2 Å². The van der Waals surface area contributed by atoms with Crippen LogP contribution in [0.25, 0.3) is 0 Å². The second-order valence-electron chi connectivity index (χ2n) is 19.2. The van der Waals surface area contributed by atoms with Crippen molar-refractivity contribution in [1.29, 1.82) is 0 Å². The third-order valence-corrected chi connectivity index (χ3v) is 16.7. The van der Waals surface area contributed by atoms with Crippen LogP contribution in [0.3, 0.4) is 0 Å². The minimum absolute atomic E-state index is 0.102. The molecule has 5 rings (SSSR count). The summed E-state index contributed by atoms with van der Waals surface area (Å²) in [6.45, 7) is 21.0. The highest BCUT2D eigenvalue weighted by molar-refractivity contribution is 5.76. The number of carbonyl (C=O) groups is 1. The van der Waals surface area contributed by atoms with Crippen LogP contribution in [0.4, 0.5) is 0 Å². The van der Waals surface area contributed by atoms with Gasteiger partial charge in [0, 0.05) is 6.61 Å². The van der Waals surface area contributed by atoms with Crippen LogP contribution in [-0.4, -0.2) is 23.8 Å². The van der Waals surface area contributed by atoms with Gasteiger partial charge < -0.3 is 9.84 Å². The van der Waals surface area contributed by atoms with Crippen LogP contribution in [0, 0.1) is 56.7 Å². The Morgan fingerprint density at radius 1 is 0.766 bits per heavy atom. The van der Waals surface area contributed by atoms with Crippen molar-refractivity contribution in [3.05, 3.63) is 11.6 Å². The van der Waals surface area contributed by atoms with Crippen molar-refractivity contribution in [2.24, 2.45) is 56.7 Å². The van der Waals surface area contributed by atoms with Gasteiger partial charge in [-0.3, -0.25) is 4.79 Å². The maximum absolute atomic E-state index is 13.0. The molecule has 0 heterocycles. The molecule has 47 heavy (non-hydrogen) atoms. The van der Waals surface area contributed by atoms with Crippen LogP contribution in [0.15, 0.2) is 11.6 Å². The van der Waals surface area contributed by atoms with Gasteiger partial charge in [0.15, 0.2) is 0 Å². The first-order valence-corrected chi connectivity index (χ1v) is 20.8. The second-order valence-corrected chi connectivity index (χ2v) is 19.2. The molecule has 270 valence electrons. The minimum atomic E-state index is -0.549. The maximum Gasteiger partial charge on any atom is 0.310 e. The molecule has 0 bridgehead atoms. The lowest BCUT2D eigenvalue weighted by atomic mass is 9.33. The number of carboxylic acids is 1. The first kappa shape index (κ1) is 37.4. The average molecular weight is 653 g/mol. The second kappa shape index (κ2) is 14.8. The Morgan fingerprint density at radius 3 is 2.00 bits per heavy atom. The quantitative estimate of drug-likeness (QED) is 0.141. The van der Waals surface area contributed by atoms with Crippen molar-refractivity contribution in [2.75, 3.05) is 6.61 Å². The zero-order valence-corrected chi connectivity index (χ0v) is 32.4. The van der Waals surface area contributed by atoms with E-state index in [4.69, 9.17) is 4.74 Å². The molecule has 0 amide bonds. The average Bonchev–Trinajstić information content (AvgIpc) is 3.02. The van der Waals surface area contributed by atoms with E-state index in [-0.39, 0.29) is 22.2 Å². The van der Waals surface area contributed by atoms with Crippen LogP contribution < -0.4 is 0 Å². The predicted molar refractivity (Wildman–Crippen MR) is 197 cm³/mol. The third kappa shape index (κ3) is 6.57. The Kier molecular flexibility index (Phi) is 11.8. The number of unbranched alkanes of at least 4 members (excludes halogenated alkanes) is 11. The zero-order valence-electron chi connectivity index (χ0n) is 32.4. The van der Waals surface area contributed by atoms with E-state index >= 15 is 0 Å². The lowest BCUT2D eigenvalue weighted by Crippen LogP contribution is -2.65. The summed E-state index contributed by atoms with van der Waals surface area (Å²) in [7, 11) is 0. The minimum Gasteiger partial charge on any atom is -0.481 e. The topological polar surface area (TPSA) is 46.5 Å². The Hall–Kier alpha value is -0.830. The Morgan fingerprint density at radius 2 is 1.38 bits per heavy atom. The highest BCUT2D eigenvalue weighted by atomic mass is 16.5. The largest absolute Gasteiger partial charge is 0.481 e. The normalized spacial score (nSPS) is 42.4. The van der Waals surface area contributed by atoms with Gasteiger partial charge in [-0.25, -0.2) is 0 Å². The molecule has 4 fully saturated rings. The van der Waals surface area contributed by atoms with E-state index in [2.05, 4.69) is 61.5 Å². The summed E-state index contributed by atoms with van der Waals surface area (Å²) < 4.78 is 6.80. The van der Waals surface area contributed by atoms with Gasteiger partial charge >= 0.3 is 5.97 Å². The third-order valence-electron chi connectivity index (χ3n) is 16.7. The van der Waals surface area contributed by atoms with Crippen LogP contribution in [-0.2, 0) is 9.53 Å². The molecular formula is C44H76O3. The summed E-state index contributed by atoms with van der Waals surface area (Å²) in [5.74, 6) is 2.06. The van der Waals surface area contributed by atoms with Crippen LogP contribution in [0.2, 0.25) is 0 Å². The maximum atomic E-state index is 13.0. The van der Waals surface area contributed by atoms with Gasteiger partial charge in [0.25, 0.3) is 0 Å². The first-order chi connectivity index (χ1) is 22.3. The number of rotatable bonds is 15. The van der Waals surface area contributed by atoms with Gasteiger partial charge in [-0.05, 0) is 115 Å². The molecule has 1 unspecified atom stereocenters. The van der Waals surface area contributed by atoms with Gasteiger partial charge in [0.05, 0.1) is 11.5 Å². The van der Waals surface area contributed by atoms with Crippen molar-refractivity contribution in [3.63, 3.8) is 0 Å². The summed E-state index contributed by atoms with van der Waals surface area (Å²) in [5.41, 5.74) is 1.84. The standard InChI is InChI=1S/C44H76O3/c1-9-10-11-12-13-14-15-16-17-18-19-20-31-47-37-25-26-41(6)35(40(37,4)5)24-27-43(8)36(41)22-21-34-38-33(3)32(2)23-28-44(38,39(45)46)30-29-42(34,43)7/h21,32-33,35-38H,9-20,22-31H2,1-8H3,(H,45,46)/t32-,33+,35?,36-,37+,38+,41+,42-,43-,44+/m1/s1. The Balaban J connectivity index is 1.18. The Bertz CT molecular complexity index is 1090. The van der Waals surface area contributed by atoms with Crippen LogP contribution >= 0.6 is 0 Å². The molecule has 0 aromatic rings. The first-order valence-electron chi connectivity index (χ1n) is 20.8. The highest BCUT2D eigenvalue weighted by Crippen LogP contribution is 2.75. The molecule has 5 aliphatic carbocycles. The molecule has 3 heteroatoms. The van der Waals surface area contributed by atoms with E-state index in [9.17, 15) is 9.90 Å².